The highest BCUT2D eigenvalue weighted by Crippen LogP contribution is 2.44. The van der Waals surface area contributed by atoms with E-state index < -0.39 is 30.0 Å². The number of ether oxygens (including phenoxy) is 13. The van der Waals surface area contributed by atoms with Gasteiger partial charge < -0.3 is 82.4 Å². The first-order valence-electron chi connectivity index (χ1n) is 29.3. The van der Waals surface area contributed by atoms with E-state index in [1.165, 1.54) is 11.1 Å². The zero-order valence-corrected chi connectivity index (χ0v) is 49.6. The summed E-state index contributed by atoms with van der Waals surface area (Å²) < 4.78 is 73.1. The fourth-order valence-corrected chi connectivity index (χ4v) is 8.95. The number of amides is 4. The van der Waals surface area contributed by atoms with Gasteiger partial charge in [0.2, 0.25) is 5.91 Å². The Balaban J connectivity index is 0.756. The van der Waals surface area contributed by atoms with Crippen molar-refractivity contribution in [1.29, 1.82) is 0 Å². The van der Waals surface area contributed by atoms with Crippen LogP contribution in [0.4, 0.5) is 14.4 Å². The SMILES string of the molecule is CC(C)(C)OC(=O)NCCOCCOCCOCCN(CCOCCOCCOCCNC(=O)OC1Cc2ccccc2C#Cc2ccccc21)C(=O)CCOCCOCCOCCOCCNC(=O)OCC1c2ccccc2-c2ccccc21. The maximum absolute atomic E-state index is 13.3. The van der Waals surface area contributed by atoms with Crippen molar-refractivity contribution in [2.24, 2.45) is 0 Å². The van der Waals surface area contributed by atoms with Crippen LogP contribution in [-0.2, 0) is 72.8 Å². The zero-order chi connectivity index (χ0) is 60.0. The predicted molar refractivity (Wildman–Crippen MR) is 316 cm³/mol. The van der Waals surface area contributed by atoms with E-state index in [0.29, 0.717) is 152 Å². The molecule has 4 aromatic carbocycles. The molecule has 4 amide bonds. The molecule has 0 saturated heterocycles. The lowest BCUT2D eigenvalue weighted by Crippen LogP contribution is -2.37. The molecule has 21 heteroatoms. The highest BCUT2D eigenvalue weighted by molar-refractivity contribution is 5.79. The van der Waals surface area contributed by atoms with E-state index in [2.05, 4.69) is 52.1 Å². The third-order valence-electron chi connectivity index (χ3n) is 13.0. The number of alkyl carbamates (subject to hydrolysis) is 3. The van der Waals surface area contributed by atoms with Crippen LogP contribution in [0.15, 0.2) is 97.1 Å². The van der Waals surface area contributed by atoms with Gasteiger partial charge in [0.1, 0.15) is 18.3 Å². The summed E-state index contributed by atoms with van der Waals surface area (Å²) in [7, 11) is 0. The van der Waals surface area contributed by atoms with E-state index in [1.54, 1.807) is 25.7 Å². The first-order valence-corrected chi connectivity index (χ1v) is 29.3. The fraction of sp³-hybridized carbons (Fsp3) is 0.531. The second kappa shape index (κ2) is 39.8. The van der Waals surface area contributed by atoms with Crippen LogP contribution in [0.2, 0.25) is 0 Å². The van der Waals surface area contributed by atoms with Crippen molar-refractivity contribution in [2.45, 2.75) is 51.2 Å². The molecule has 0 aromatic heterocycles. The van der Waals surface area contributed by atoms with Crippen LogP contribution >= 0.6 is 0 Å². The molecule has 2 aliphatic rings. The molecule has 3 N–H and O–H groups in total. The van der Waals surface area contributed by atoms with Crippen LogP contribution in [0.25, 0.3) is 11.1 Å². The van der Waals surface area contributed by atoms with Crippen molar-refractivity contribution in [2.75, 3.05) is 171 Å². The summed E-state index contributed by atoms with van der Waals surface area (Å²) in [4.78, 5) is 52.0. The quantitative estimate of drug-likeness (QED) is 0.0234. The molecule has 0 aliphatic heterocycles. The number of nitrogens with one attached hydrogen (secondary N) is 3. The molecule has 0 spiro atoms. The van der Waals surface area contributed by atoms with E-state index in [1.807, 2.05) is 72.8 Å². The Morgan fingerprint density at radius 3 is 1.38 bits per heavy atom. The zero-order valence-electron chi connectivity index (χ0n) is 49.6. The van der Waals surface area contributed by atoms with Crippen LogP contribution in [0.1, 0.15) is 72.6 Å². The molecule has 85 heavy (non-hydrogen) atoms. The average Bonchev–Trinajstić information content (AvgIpc) is 2.51. The van der Waals surface area contributed by atoms with E-state index in [0.717, 1.165) is 33.4 Å². The Morgan fingerprint density at radius 2 is 0.859 bits per heavy atom. The fourth-order valence-electron chi connectivity index (χ4n) is 8.95. The second-order valence-electron chi connectivity index (χ2n) is 20.5. The molecular weight excluding hydrogens is 1100 g/mol. The highest BCUT2D eigenvalue weighted by Gasteiger charge is 2.29. The van der Waals surface area contributed by atoms with Crippen molar-refractivity contribution in [1.82, 2.24) is 20.9 Å². The minimum absolute atomic E-state index is 0.00111. The predicted octanol–water partition coefficient (Wildman–Crippen LogP) is 6.86. The monoisotopic (exact) mass is 1180 g/mol. The summed E-state index contributed by atoms with van der Waals surface area (Å²) in [5, 5.41) is 8.16. The third-order valence-corrected chi connectivity index (χ3v) is 13.0. The molecule has 0 heterocycles. The van der Waals surface area contributed by atoms with Crippen LogP contribution in [0.3, 0.4) is 0 Å². The van der Waals surface area contributed by atoms with Crippen molar-refractivity contribution >= 4 is 24.2 Å². The van der Waals surface area contributed by atoms with E-state index in [4.69, 9.17) is 61.6 Å². The van der Waals surface area contributed by atoms with Crippen LogP contribution in [-0.4, -0.2) is 206 Å². The maximum Gasteiger partial charge on any atom is 0.407 e. The normalized spacial score (nSPS) is 13.2. The summed E-state index contributed by atoms with van der Waals surface area (Å²) in [6.45, 7) is 13.8. The molecule has 1 atom stereocenters. The number of nitrogens with zero attached hydrogens (tertiary/aromatic N) is 1. The van der Waals surface area contributed by atoms with Crippen LogP contribution < -0.4 is 16.0 Å². The van der Waals surface area contributed by atoms with Crippen molar-refractivity contribution < 1.29 is 80.8 Å². The van der Waals surface area contributed by atoms with Crippen molar-refractivity contribution in [3.8, 4) is 23.0 Å². The highest BCUT2D eigenvalue weighted by atomic mass is 16.6. The number of carbonyl (C=O) groups is 4. The topological polar surface area (TPSA) is 228 Å². The molecule has 464 valence electrons. The lowest BCUT2D eigenvalue weighted by Gasteiger charge is -2.23. The molecule has 6 rings (SSSR count). The molecule has 0 saturated carbocycles. The van der Waals surface area contributed by atoms with Crippen LogP contribution in [0.5, 0.6) is 0 Å². The van der Waals surface area contributed by atoms with E-state index in [-0.39, 0.29) is 44.6 Å². The number of carbonyl (C=O) groups excluding carboxylic acids is 4. The Hall–Kier alpha value is -6.68. The molecule has 0 radical (unpaired) electrons. The van der Waals surface area contributed by atoms with Crippen molar-refractivity contribution in [3.63, 3.8) is 0 Å². The second-order valence-corrected chi connectivity index (χ2v) is 20.5. The number of benzene rings is 4. The molecule has 0 bridgehead atoms. The van der Waals surface area contributed by atoms with Gasteiger partial charge in [0, 0.05) is 61.8 Å². The van der Waals surface area contributed by atoms with Gasteiger partial charge in [0.15, 0.2) is 0 Å². The summed E-state index contributed by atoms with van der Waals surface area (Å²) in [5.41, 5.74) is 7.76. The van der Waals surface area contributed by atoms with Gasteiger partial charge in [-0.05, 0) is 60.7 Å². The van der Waals surface area contributed by atoms with Gasteiger partial charge in [0.05, 0.1) is 139 Å². The van der Waals surface area contributed by atoms with E-state index >= 15 is 0 Å². The number of rotatable bonds is 42. The Kier molecular flexibility index (Phi) is 31.6. The lowest BCUT2D eigenvalue weighted by atomic mass is 9.92. The smallest absolute Gasteiger partial charge is 0.407 e. The first kappa shape index (κ1) is 67.4. The average molecular weight is 1180 g/mol. The molecular formula is C64H86N4O17. The Morgan fingerprint density at radius 1 is 0.459 bits per heavy atom. The third kappa shape index (κ3) is 26.6. The van der Waals surface area contributed by atoms with Crippen molar-refractivity contribution in [3.05, 3.63) is 130 Å². The van der Waals surface area contributed by atoms with Gasteiger partial charge in [0.25, 0.3) is 0 Å². The van der Waals surface area contributed by atoms with Gasteiger partial charge in [-0.25, -0.2) is 14.4 Å². The van der Waals surface area contributed by atoms with Gasteiger partial charge in [-0.2, -0.15) is 0 Å². The minimum Gasteiger partial charge on any atom is -0.449 e. The van der Waals surface area contributed by atoms with Gasteiger partial charge in [-0.3, -0.25) is 4.79 Å². The molecule has 4 aromatic rings. The lowest BCUT2D eigenvalue weighted by molar-refractivity contribution is -0.134. The van der Waals surface area contributed by atoms with E-state index in [9.17, 15) is 19.2 Å². The molecule has 1 unspecified atom stereocenters. The molecule has 0 fully saturated rings. The minimum atomic E-state index is -0.566. The number of hydrogen-bond donors (Lipinski definition) is 3. The molecule has 2 aliphatic carbocycles. The largest absolute Gasteiger partial charge is 0.449 e. The Bertz CT molecular complexity index is 2610. The first-order chi connectivity index (χ1) is 41.6. The maximum atomic E-state index is 13.3. The summed E-state index contributed by atoms with van der Waals surface area (Å²) >= 11 is 0. The van der Waals surface area contributed by atoms with Gasteiger partial charge in [-0.1, -0.05) is 96.8 Å². The van der Waals surface area contributed by atoms with Gasteiger partial charge in [-0.15, -0.1) is 0 Å². The number of hydrogen-bond acceptors (Lipinski definition) is 17. The summed E-state index contributed by atoms with van der Waals surface area (Å²) in [6, 6.07) is 32.0. The Labute approximate surface area is 500 Å². The number of fused-ring (bicyclic) bond motifs is 5. The summed E-state index contributed by atoms with van der Waals surface area (Å²) in [6.07, 6.45) is -1.32. The van der Waals surface area contributed by atoms with Crippen LogP contribution in [0, 0.1) is 11.8 Å². The summed E-state index contributed by atoms with van der Waals surface area (Å²) in [5.74, 6) is 6.36. The molecule has 21 nitrogen and oxygen atoms in total. The standard InChI is InChI=1S/C64H86N4O17/c1-64(2,3)85-63(72)67-25-31-76-37-42-81-45-39-78-33-27-68(26-32-77-38-44-80-41-36-75-30-24-66-62(71)84-59-48-52-14-5-4-12-50(52)20-21-51-13-6-7-15-53(51)59)60(69)22-28-73-34-40-79-46-47-82-43-35-74-29-23-65-61(70)83-49-58-56-18-10-8-16-54(56)55-17-9-11-19-57(55)58/h4-19,58-59H,22-49H2,1-3H3,(H,65,70)(H,66,71)(H,67,72). The van der Waals surface area contributed by atoms with Gasteiger partial charge >= 0.3 is 18.3 Å².